The summed E-state index contributed by atoms with van der Waals surface area (Å²) in [6, 6.07) is 14.1. The molecular weight excluding hydrogens is 302 g/mol. The third-order valence-corrected chi connectivity index (χ3v) is 3.72. The number of halogens is 2. The first kappa shape index (κ1) is 14.7. The molecule has 0 aliphatic carbocycles. The van der Waals surface area contributed by atoms with Crippen molar-refractivity contribution in [3.8, 4) is 22.5 Å². The summed E-state index contributed by atoms with van der Waals surface area (Å²) in [6.45, 7) is 0. The van der Waals surface area contributed by atoms with Gasteiger partial charge < -0.3 is 0 Å². The van der Waals surface area contributed by atoms with E-state index in [1.807, 2.05) is 12.3 Å². The average Bonchev–Trinajstić information content (AvgIpc) is 2.55. The van der Waals surface area contributed by atoms with Gasteiger partial charge in [-0.1, -0.05) is 11.8 Å². The van der Waals surface area contributed by atoms with E-state index in [1.165, 1.54) is 36.0 Å². The number of nitrogens with zero attached hydrogens (tertiary/aromatic N) is 2. The van der Waals surface area contributed by atoms with Crippen LogP contribution in [-0.2, 0) is 0 Å². The van der Waals surface area contributed by atoms with Crippen LogP contribution < -0.4 is 0 Å². The maximum atomic E-state index is 13.1. The number of thioether (sulfide) groups is 1. The van der Waals surface area contributed by atoms with Crippen LogP contribution in [0.5, 0.6) is 0 Å². The minimum absolute atomic E-state index is 0.290. The molecule has 110 valence electrons. The molecule has 5 heteroatoms. The second-order valence-electron chi connectivity index (χ2n) is 4.64. The van der Waals surface area contributed by atoms with Crippen LogP contribution in [0, 0.1) is 11.6 Å². The molecule has 0 unspecified atom stereocenters. The summed E-state index contributed by atoms with van der Waals surface area (Å²) in [6.07, 6.45) is 1.89. The number of benzene rings is 2. The van der Waals surface area contributed by atoms with E-state index in [0.717, 1.165) is 11.1 Å². The Labute approximate surface area is 131 Å². The predicted octanol–water partition coefficient (Wildman–Crippen LogP) is 4.81. The van der Waals surface area contributed by atoms with Crippen molar-refractivity contribution in [2.24, 2.45) is 0 Å². The van der Waals surface area contributed by atoms with E-state index < -0.39 is 0 Å². The maximum absolute atomic E-state index is 13.1. The molecule has 2 nitrogen and oxygen atoms in total. The molecule has 0 fully saturated rings. The lowest BCUT2D eigenvalue weighted by molar-refractivity contribution is 0.627. The fraction of sp³-hybridized carbons (Fsp3) is 0.0588. The Balaban J connectivity index is 2.10. The zero-order chi connectivity index (χ0) is 15.5. The normalized spacial score (nSPS) is 10.7. The summed E-state index contributed by atoms with van der Waals surface area (Å²) in [5.74, 6) is -0.580. The Morgan fingerprint density at radius 3 is 1.50 bits per heavy atom. The van der Waals surface area contributed by atoms with Crippen LogP contribution >= 0.6 is 11.8 Å². The summed E-state index contributed by atoms with van der Waals surface area (Å²) in [4.78, 5) is 8.90. The standard InChI is InChI=1S/C17H12F2N2S/c1-22-17-20-15(11-2-6-13(18)7-3-11)10-16(21-17)12-4-8-14(19)9-5-12/h2-10H,1H3. The van der Waals surface area contributed by atoms with Crippen molar-refractivity contribution in [2.75, 3.05) is 6.26 Å². The third kappa shape index (κ3) is 3.14. The van der Waals surface area contributed by atoms with Gasteiger partial charge in [0, 0.05) is 11.1 Å². The molecule has 0 N–H and O–H groups in total. The van der Waals surface area contributed by atoms with Crippen molar-refractivity contribution in [3.63, 3.8) is 0 Å². The van der Waals surface area contributed by atoms with Crippen LogP contribution in [0.3, 0.4) is 0 Å². The van der Waals surface area contributed by atoms with E-state index in [-0.39, 0.29) is 11.6 Å². The molecule has 1 aromatic heterocycles. The van der Waals surface area contributed by atoms with Gasteiger partial charge in [-0.15, -0.1) is 0 Å². The maximum Gasteiger partial charge on any atom is 0.188 e. The van der Waals surface area contributed by atoms with Gasteiger partial charge in [-0.25, -0.2) is 18.7 Å². The molecule has 0 bridgehead atoms. The van der Waals surface area contributed by atoms with Crippen LogP contribution in [0.1, 0.15) is 0 Å². The highest BCUT2D eigenvalue weighted by atomic mass is 32.2. The fourth-order valence-electron chi connectivity index (χ4n) is 2.05. The predicted molar refractivity (Wildman–Crippen MR) is 84.6 cm³/mol. The molecule has 0 atom stereocenters. The van der Waals surface area contributed by atoms with Crippen molar-refractivity contribution in [3.05, 3.63) is 66.2 Å². The highest BCUT2D eigenvalue weighted by Gasteiger charge is 2.08. The number of aromatic nitrogens is 2. The van der Waals surface area contributed by atoms with Crippen molar-refractivity contribution < 1.29 is 8.78 Å². The Hall–Kier alpha value is -2.27. The first-order valence-corrected chi connectivity index (χ1v) is 7.83. The van der Waals surface area contributed by atoms with E-state index in [4.69, 9.17) is 0 Å². The van der Waals surface area contributed by atoms with Gasteiger partial charge in [0.2, 0.25) is 0 Å². The average molecular weight is 314 g/mol. The minimum Gasteiger partial charge on any atom is -0.222 e. The van der Waals surface area contributed by atoms with Crippen molar-refractivity contribution in [2.45, 2.75) is 5.16 Å². The van der Waals surface area contributed by atoms with Crippen molar-refractivity contribution >= 4 is 11.8 Å². The third-order valence-electron chi connectivity index (χ3n) is 3.17. The number of hydrogen-bond acceptors (Lipinski definition) is 3. The smallest absolute Gasteiger partial charge is 0.188 e. The molecule has 3 rings (SSSR count). The molecule has 3 aromatic rings. The van der Waals surface area contributed by atoms with Crippen LogP contribution in [0.25, 0.3) is 22.5 Å². The van der Waals surface area contributed by atoms with Gasteiger partial charge in [-0.3, -0.25) is 0 Å². The molecule has 1 heterocycles. The molecule has 0 amide bonds. The summed E-state index contributed by atoms with van der Waals surface area (Å²) < 4.78 is 26.1. The molecule has 0 spiro atoms. The minimum atomic E-state index is -0.290. The fourth-order valence-corrected chi connectivity index (χ4v) is 2.43. The van der Waals surface area contributed by atoms with Crippen LogP contribution in [-0.4, -0.2) is 16.2 Å². The second-order valence-corrected chi connectivity index (χ2v) is 5.41. The molecule has 0 saturated carbocycles. The Morgan fingerprint density at radius 2 is 1.14 bits per heavy atom. The first-order chi connectivity index (χ1) is 10.7. The molecule has 2 aromatic carbocycles. The molecular formula is C17H12F2N2S. The van der Waals surface area contributed by atoms with Gasteiger partial charge in [-0.2, -0.15) is 0 Å². The van der Waals surface area contributed by atoms with Crippen LogP contribution in [0.15, 0.2) is 59.8 Å². The highest BCUT2D eigenvalue weighted by Crippen LogP contribution is 2.26. The topological polar surface area (TPSA) is 25.8 Å². The Kier molecular flexibility index (Phi) is 4.15. The quantitative estimate of drug-likeness (QED) is 0.512. The summed E-state index contributed by atoms with van der Waals surface area (Å²) in [5.41, 5.74) is 3.03. The largest absolute Gasteiger partial charge is 0.222 e. The Morgan fingerprint density at radius 1 is 0.727 bits per heavy atom. The van der Waals surface area contributed by atoms with E-state index in [1.54, 1.807) is 24.3 Å². The zero-order valence-electron chi connectivity index (χ0n) is 11.8. The Bertz CT molecular complexity index is 723. The molecule has 0 aliphatic rings. The summed E-state index contributed by atoms with van der Waals surface area (Å²) in [5, 5.41) is 0.612. The summed E-state index contributed by atoms with van der Waals surface area (Å²) in [7, 11) is 0. The van der Waals surface area contributed by atoms with Crippen LogP contribution in [0.2, 0.25) is 0 Å². The zero-order valence-corrected chi connectivity index (χ0v) is 12.6. The van der Waals surface area contributed by atoms with E-state index in [0.29, 0.717) is 16.5 Å². The molecule has 0 aliphatic heterocycles. The van der Waals surface area contributed by atoms with Gasteiger partial charge >= 0.3 is 0 Å². The lowest BCUT2D eigenvalue weighted by Gasteiger charge is -2.07. The lowest BCUT2D eigenvalue weighted by atomic mass is 10.1. The monoisotopic (exact) mass is 314 g/mol. The van der Waals surface area contributed by atoms with Gasteiger partial charge in [0.1, 0.15) is 11.6 Å². The van der Waals surface area contributed by atoms with Gasteiger partial charge in [0.25, 0.3) is 0 Å². The lowest BCUT2D eigenvalue weighted by Crippen LogP contribution is -1.94. The SMILES string of the molecule is CSc1nc(-c2ccc(F)cc2)cc(-c2ccc(F)cc2)n1. The highest BCUT2D eigenvalue weighted by molar-refractivity contribution is 7.98. The summed E-state index contributed by atoms with van der Waals surface area (Å²) >= 11 is 1.42. The second kappa shape index (κ2) is 6.23. The number of hydrogen-bond donors (Lipinski definition) is 0. The van der Waals surface area contributed by atoms with E-state index in [2.05, 4.69) is 9.97 Å². The number of rotatable bonds is 3. The van der Waals surface area contributed by atoms with Crippen molar-refractivity contribution in [1.29, 1.82) is 0 Å². The first-order valence-electron chi connectivity index (χ1n) is 6.60. The van der Waals surface area contributed by atoms with Crippen molar-refractivity contribution in [1.82, 2.24) is 9.97 Å². The van der Waals surface area contributed by atoms with Gasteiger partial charge in [0.05, 0.1) is 11.4 Å². The van der Waals surface area contributed by atoms with E-state index in [9.17, 15) is 8.78 Å². The van der Waals surface area contributed by atoms with E-state index >= 15 is 0 Å². The van der Waals surface area contributed by atoms with Gasteiger partial charge in [0.15, 0.2) is 5.16 Å². The molecule has 0 saturated heterocycles. The van der Waals surface area contributed by atoms with Crippen LogP contribution in [0.4, 0.5) is 8.78 Å². The molecule has 0 radical (unpaired) electrons. The van der Waals surface area contributed by atoms with Gasteiger partial charge in [-0.05, 0) is 60.9 Å². The molecule has 22 heavy (non-hydrogen) atoms.